The second kappa shape index (κ2) is 12.3. The third-order valence-electron chi connectivity index (χ3n) is 3.36. The van der Waals surface area contributed by atoms with Crippen molar-refractivity contribution in [1.29, 1.82) is 0 Å². The summed E-state index contributed by atoms with van der Waals surface area (Å²) in [6, 6.07) is 5.25. The summed E-state index contributed by atoms with van der Waals surface area (Å²) in [7, 11) is 3.02. The van der Waals surface area contributed by atoms with Gasteiger partial charge in [-0.15, -0.1) is 0 Å². The number of ether oxygens (including phenoxy) is 4. The number of methoxy groups -OCH3 is 2. The lowest BCUT2D eigenvalue weighted by Crippen LogP contribution is -2.29. The second-order valence-electron chi connectivity index (χ2n) is 5.28. The summed E-state index contributed by atoms with van der Waals surface area (Å²) in [5.41, 5.74) is 0.636. The van der Waals surface area contributed by atoms with Gasteiger partial charge in [-0.3, -0.25) is 9.59 Å². The zero-order chi connectivity index (χ0) is 20.1. The van der Waals surface area contributed by atoms with Gasteiger partial charge in [0, 0.05) is 24.6 Å². The van der Waals surface area contributed by atoms with Crippen LogP contribution in [0, 0.1) is 0 Å². The van der Waals surface area contributed by atoms with E-state index in [1.807, 2.05) is 0 Å². The minimum absolute atomic E-state index is 0.221. The molecule has 8 nitrogen and oxygen atoms in total. The molecule has 1 N–H and O–H groups in total. The van der Waals surface area contributed by atoms with Gasteiger partial charge in [0.25, 0.3) is 5.91 Å². The molecule has 0 radical (unpaired) electrons. The number of para-hydroxylation sites is 1. The third kappa shape index (κ3) is 8.26. The molecule has 27 heavy (non-hydrogen) atoms. The summed E-state index contributed by atoms with van der Waals surface area (Å²) in [5.74, 6) is -0.393. The van der Waals surface area contributed by atoms with Gasteiger partial charge in [0.2, 0.25) is 0 Å². The molecule has 0 saturated carbocycles. The highest BCUT2D eigenvalue weighted by Crippen LogP contribution is 2.31. The van der Waals surface area contributed by atoms with Gasteiger partial charge in [-0.1, -0.05) is 12.1 Å². The summed E-state index contributed by atoms with van der Waals surface area (Å²) >= 11 is 0. The van der Waals surface area contributed by atoms with E-state index in [2.05, 4.69) is 5.32 Å². The predicted octanol–water partition coefficient (Wildman–Crippen LogP) is 1.72. The maximum Gasteiger partial charge on any atom is 0.331 e. The van der Waals surface area contributed by atoms with Gasteiger partial charge >= 0.3 is 11.9 Å². The molecule has 1 amide bonds. The summed E-state index contributed by atoms with van der Waals surface area (Å²) in [6.45, 7) is 1.95. The van der Waals surface area contributed by atoms with Gasteiger partial charge in [-0.2, -0.15) is 0 Å². The Morgan fingerprint density at radius 2 is 1.89 bits per heavy atom. The number of amides is 1. The number of esters is 2. The molecule has 148 valence electrons. The molecule has 0 fully saturated rings. The molecule has 0 aliphatic carbocycles. The minimum atomic E-state index is -0.665. The SMILES string of the molecule is CCOC(=O)CCCNC(=O)COC(=O)C=Cc1cccc(OC)c1OC. The molecule has 0 atom stereocenters. The van der Waals surface area contributed by atoms with E-state index >= 15 is 0 Å². The largest absolute Gasteiger partial charge is 0.493 e. The lowest BCUT2D eigenvalue weighted by atomic mass is 10.1. The van der Waals surface area contributed by atoms with E-state index in [0.717, 1.165) is 0 Å². The van der Waals surface area contributed by atoms with E-state index in [1.54, 1.807) is 25.1 Å². The molecule has 0 heterocycles. The topological polar surface area (TPSA) is 100 Å². The first-order valence-corrected chi connectivity index (χ1v) is 8.50. The molecular weight excluding hydrogens is 354 g/mol. The van der Waals surface area contributed by atoms with E-state index in [0.29, 0.717) is 36.6 Å². The van der Waals surface area contributed by atoms with Crippen LogP contribution < -0.4 is 14.8 Å². The fourth-order valence-corrected chi connectivity index (χ4v) is 2.13. The lowest BCUT2D eigenvalue weighted by molar-refractivity contribution is -0.143. The Morgan fingerprint density at radius 1 is 1.11 bits per heavy atom. The van der Waals surface area contributed by atoms with Gasteiger partial charge in [-0.05, 0) is 25.5 Å². The van der Waals surface area contributed by atoms with Crippen LogP contribution in [-0.4, -0.2) is 51.8 Å². The summed E-state index contributed by atoms with van der Waals surface area (Å²) in [6.07, 6.45) is 3.39. The normalized spacial score (nSPS) is 10.3. The summed E-state index contributed by atoms with van der Waals surface area (Å²) < 4.78 is 20.1. The Labute approximate surface area is 158 Å². The maximum atomic E-state index is 11.7. The fraction of sp³-hybridized carbons (Fsp3) is 0.421. The summed E-state index contributed by atoms with van der Waals surface area (Å²) in [4.78, 5) is 34.5. The zero-order valence-corrected chi connectivity index (χ0v) is 15.8. The Balaban J connectivity index is 2.37. The van der Waals surface area contributed by atoms with Crippen molar-refractivity contribution in [2.24, 2.45) is 0 Å². The minimum Gasteiger partial charge on any atom is -0.493 e. The van der Waals surface area contributed by atoms with E-state index in [4.69, 9.17) is 18.9 Å². The van der Waals surface area contributed by atoms with Crippen molar-refractivity contribution in [3.05, 3.63) is 29.8 Å². The van der Waals surface area contributed by atoms with Crippen LogP contribution in [0.25, 0.3) is 6.08 Å². The maximum absolute atomic E-state index is 11.7. The highest BCUT2D eigenvalue weighted by atomic mass is 16.5. The lowest BCUT2D eigenvalue weighted by Gasteiger charge is -2.09. The molecular formula is C19H25NO7. The zero-order valence-electron chi connectivity index (χ0n) is 15.8. The molecule has 0 aliphatic rings. The van der Waals surface area contributed by atoms with Gasteiger partial charge in [0.15, 0.2) is 18.1 Å². The van der Waals surface area contributed by atoms with Crippen LogP contribution in [-0.2, 0) is 23.9 Å². The van der Waals surface area contributed by atoms with E-state index < -0.39 is 18.5 Å². The van der Waals surface area contributed by atoms with Crippen LogP contribution in [0.2, 0.25) is 0 Å². The first-order valence-electron chi connectivity index (χ1n) is 8.50. The van der Waals surface area contributed by atoms with Crippen molar-refractivity contribution in [3.63, 3.8) is 0 Å². The molecule has 0 saturated heterocycles. The number of carbonyl (C=O) groups excluding carboxylic acids is 3. The monoisotopic (exact) mass is 379 g/mol. The highest BCUT2D eigenvalue weighted by Gasteiger charge is 2.09. The molecule has 0 spiro atoms. The average molecular weight is 379 g/mol. The Kier molecular flexibility index (Phi) is 10.1. The number of benzene rings is 1. The molecule has 1 aromatic carbocycles. The fourth-order valence-electron chi connectivity index (χ4n) is 2.13. The first-order chi connectivity index (χ1) is 13.0. The molecule has 8 heteroatoms. The molecule has 0 aromatic heterocycles. The number of hydrogen-bond donors (Lipinski definition) is 1. The van der Waals surface area contributed by atoms with E-state index in [1.165, 1.54) is 26.4 Å². The van der Waals surface area contributed by atoms with Gasteiger partial charge in [0.05, 0.1) is 20.8 Å². The number of nitrogens with one attached hydrogen (secondary N) is 1. The van der Waals surface area contributed by atoms with Crippen molar-refractivity contribution >= 4 is 23.9 Å². The number of rotatable bonds is 11. The second-order valence-corrected chi connectivity index (χ2v) is 5.28. The van der Waals surface area contributed by atoms with Crippen LogP contribution in [0.1, 0.15) is 25.3 Å². The van der Waals surface area contributed by atoms with Crippen LogP contribution in [0.3, 0.4) is 0 Å². The van der Waals surface area contributed by atoms with Gasteiger partial charge in [-0.25, -0.2) is 4.79 Å². The van der Waals surface area contributed by atoms with E-state index in [-0.39, 0.29) is 12.4 Å². The Bertz CT molecular complexity index is 670. The molecule has 0 aliphatic heterocycles. The van der Waals surface area contributed by atoms with Crippen molar-refractivity contribution in [1.82, 2.24) is 5.32 Å². The smallest absolute Gasteiger partial charge is 0.331 e. The number of carbonyl (C=O) groups is 3. The Hall–Kier alpha value is -3.03. The van der Waals surface area contributed by atoms with Gasteiger partial charge in [0.1, 0.15) is 0 Å². The van der Waals surface area contributed by atoms with Gasteiger partial charge < -0.3 is 24.3 Å². The summed E-state index contributed by atoms with van der Waals surface area (Å²) in [5, 5.41) is 2.56. The number of hydrogen-bond acceptors (Lipinski definition) is 7. The van der Waals surface area contributed by atoms with Crippen molar-refractivity contribution < 1.29 is 33.3 Å². The Morgan fingerprint density at radius 3 is 2.56 bits per heavy atom. The molecule has 1 aromatic rings. The highest BCUT2D eigenvalue weighted by molar-refractivity contribution is 5.89. The average Bonchev–Trinajstić information content (AvgIpc) is 2.67. The van der Waals surface area contributed by atoms with Crippen molar-refractivity contribution in [3.8, 4) is 11.5 Å². The van der Waals surface area contributed by atoms with Crippen molar-refractivity contribution in [2.75, 3.05) is 34.0 Å². The molecule has 0 bridgehead atoms. The predicted molar refractivity (Wildman–Crippen MR) is 98.4 cm³/mol. The van der Waals surface area contributed by atoms with E-state index in [9.17, 15) is 14.4 Å². The van der Waals surface area contributed by atoms with Crippen molar-refractivity contribution in [2.45, 2.75) is 19.8 Å². The van der Waals surface area contributed by atoms with Crippen LogP contribution >= 0.6 is 0 Å². The van der Waals surface area contributed by atoms with Crippen LogP contribution in [0.5, 0.6) is 11.5 Å². The standard InChI is InChI=1S/C19H25NO7/c1-4-26-17(22)9-6-12-20-16(21)13-27-18(23)11-10-14-7-5-8-15(24-2)19(14)25-3/h5,7-8,10-11H,4,6,9,12-13H2,1-3H3,(H,20,21). The third-order valence-corrected chi connectivity index (χ3v) is 3.36. The van der Waals surface area contributed by atoms with Crippen LogP contribution in [0.4, 0.5) is 0 Å². The quantitative estimate of drug-likeness (QED) is 0.355. The van der Waals surface area contributed by atoms with Crippen LogP contribution in [0.15, 0.2) is 24.3 Å². The molecule has 0 unspecified atom stereocenters. The molecule has 1 rings (SSSR count). The first kappa shape index (κ1) is 22.0.